The van der Waals surface area contributed by atoms with Gasteiger partial charge in [-0.2, -0.15) is 0 Å². The van der Waals surface area contributed by atoms with E-state index in [4.69, 9.17) is 16.3 Å². The van der Waals surface area contributed by atoms with Gasteiger partial charge in [-0.3, -0.25) is 9.59 Å². The molecule has 4 rings (SSSR count). The molecule has 0 bridgehead atoms. The van der Waals surface area contributed by atoms with Crippen molar-refractivity contribution >= 4 is 23.4 Å². The molecule has 2 amide bonds. The number of fused-ring (bicyclic) bond motifs is 1. The molecule has 2 atom stereocenters. The summed E-state index contributed by atoms with van der Waals surface area (Å²) in [4.78, 5) is 28.5. The van der Waals surface area contributed by atoms with Crippen LogP contribution in [-0.4, -0.2) is 54.9 Å². The lowest BCUT2D eigenvalue weighted by molar-refractivity contribution is -0.130. The summed E-state index contributed by atoms with van der Waals surface area (Å²) in [6, 6.07) is 9.81. The Hall–Kier alpha value is -2.86. The lowest BCUT2D eigenvalue weighted by Gasteiger charge is -2.21. The molecule has 2 heterocycles. The van der Waals surface area contributed by atoms with E-state index < -0.39 is 0 Å². The van der Waals surface area contributed by atoms with Crippen molar-refractivity contribution in [3.8, 4) is 16.9 Å². The number of benzene rings is 2. The fraction of sp³-hybridized carbons (Fsp3) is 0.360. The Bertz CT molecular complexity index is 1030. The van der Waals surface area contributed by atoms with Crippen molar-refractivity contribution in [1.82, 2.24) is 9.80 Å². The highest BCUT2D eigenvalue weighted by molar-refractivity contribution is 6.33. The second kappa shape index (κ2) is 9.33. The normalized spacial score (nSPS) is 19.7. The predicted molar refractivity (Wildman–Crippen MR) is 122 cm³/mol. The zero-order valence-corrected chi connectivity index (χ0v) is 18.8. The molecule has 0 saturated carbocycles. The fourth-order valence-corrected chi connectivity index (χ4v) is 5.00. The highest BCUT2D eigenvalue weighted by atomic mass is 35.5. The van der Waals surface area contributed by atoms with Crippen molar-refractivity contribution in [2.45, 2.75) is 12.8 Å². The van der Waals surface area contributed by atoms with Crippen LogP contribution in [-0.2, 0) is 16.0 Å². The molecule has 2 aromatic rings. The van der Waals surface area contributed by atoms with Crippen LogP contribution in [0.2, 0.25) is 5.02 Å². The summed E-state index contributed by atoms with van der Waals surface area (Å²) in [5, 5.41) is 0.509. The zero-order valence-electron chi connectivity index (χ0n) is 18.0. The maximum Gasteiger partial charge on any atom is 0.245 e. The number of amides is 2. The molecular weight excluding hydrogens is 431 g/mol. The first-order valence-electron chi connectivity index (χ1n) is 10.7. The SMILES string of the molecule is C=CC(=O)N1CC2CN(C(=O)CCc3cc(-c4ccc(F)cc4)c(Cl)cc3OC)CC2C1. The average Bonchev–Trinajstić information content (AvgIpc) is 3.37. The molecule has 5 nitrogen and oxygen atoms in total. The Balaban J connectivity index is 1.42. The largest absolute Gasteiger partial charge is 0.496 e. The van der Waals surface area contributed by atoms with Gasteiger partial charge < -0.3 is 14.5 Å². The van der Waals surface area contributed by atoms with E-state index in [1.165, 1.54) is 18.2 Å². The van der Waals surface area contributed by atoms with Crippen molar-refractivity contribution in [1.29, 1.82) is 0 Å². The molecule has 0 aliphatic carbocycles. The molecule has 0 spiro atoms. The summed E-state index contributed by atoms with van der Waals surface area (Å²) < 4.78 is 18.8. The van der Waals surface area contributed by atoms with E-state index in [9.17, 15) is 14.0 Å². The number of rotatable bonds is 6. The minimum absolute atomic E-state index is 0.0379. The third kappa shape index (κ3) is 4.51. The molecule has 2 aliphatic rings. The highest BCUT2D eigenvalue weighted by Crippen LogP contribution is 2.36. The Morgan fingerprint density at radius 1 is 1.12 bits per heavy atom. The number of carbonyl (C=O) groups is 2. The van der Waals surface area contributed by atoms with E-state index in [1.807, 2.05) is 15.9 Å². The number of hydrogen-bond acceptors (Lipinski definition) is 3. The number of halogens is 2. The monoisotopic (exact) mass is 456 g/mol. The van der Waals surface area contributed by atoms with Gasteiger partial charge in [-0.15, -0.1) is 0 Å². The van der Waals surface area contributed by atoms with Crippen molar-refractivity contribution < 1.29 is 18.7 Å². The van der Waals surface area contributed by atoms with Crippen LogP contribution < -0.4 is 4.74 Å². The predicted octanol–water partition coefficient (Wildman–Crippen LogP) is 4.19. The van der Waals surface area contributed by atoms with Crippen molar-refractivity contribution in [2.75, 3.05) is 33.3 Å². The number of likely N-dealkylation sites (tertiary alicyclic amines) is 2. The van der Waals surface area contributed by atoms with E-state index >= 15 is 0 Å². The van der Waals surface area contributed by atoms with Gasteiger partial charge in [-0.1, -0.05) is 30.3 Å². The van der Waals surface area contributed by atoms with Crippen molar-refractivity contribution in [3.63, 3.8) is 0 Å². The Labute approximate surface area is 192 Å². The summed E-state index contributed by atoms with van der Waals surface area (Å²) in [5.41, 5.74) is 2.46. The van der Waals surface area contributed by atoms with Gasteiger partial charge in [0.15, 0.2) is 0 Å². The third-order valence-corrected chi connectivity index (χ3v) is 6.77. The van der Waals surface area contributed by atoms with E-state index in [1.54, 1.807) is 25.3 Å². The molecule has 168 valence electrons. The first kappa shape index (κ1) is 22.3. The van der Waals surface area contributed by atoms with Gasteiger partial charge in [0, 0.05) is 50.0 Å². The lowest BCUT2D eigenvalue weighted by Crippen LogP contribution is -2.35. The van der Waals surface area contributed by atoms with Gasteiger partial charge >= 0.3 is 0 Å². The van der Waals surface area contributed by atoms with Crippen molar-refractivity contribution in [2.24, 2.45) is 11.8 Å². The molecule has 0 aromatic heterocycles. The van der Waals surface area contributed by atoms with Crippen LogP contribution in [0.25, 0.3) is 11.1 Å². The molecule has 7 heteroatoms. The maximum atomic E-state index is 13.3. The zero-order chi connectivity index (χ0) is 22.8. The number of carbonyl (C=O) groups excluding carboxylic acids is 2. The first-order valence-corrected chi connectivity index (χ1v) is 11.1. The van der Waals surface area contributed by atoms with Crippen LogP contribution in [0.4, 0.5) is 4.39 Å². The van der Waals surface area contributed by atoms with Gasteiger partial charge in [0.2, 0.25) is 11.8 Å². The first-order chi connectivity index (χ1) is 15.4. The van der Waals surface area contributed by atoms with Gasteiger partial charge in [0.05, 0.1) is 12.1 Å². The maximum absolute atomic E-state index is 13.3. The summed E-state index contributed by atoms with van der Waals surface area (Å²) in [5.74, 6) is 1.04. The van der Waals surface area contributed by atoms with Crippen LogP contribution in [0.1, 0.15) is 12.0 Å². The number of nitrogens with zero attached hydrogens (tertiary/aromatic N) is 2. The number of methoxy groups -OCH3 is 1. The summed E-state index contributed by atoms with van der Waals surface area (Å²) in [6.45, 7) is 6.29. The van der Waals surface area contributed by atoms with E-state index in [-0.39, 0.29) is 17.6 Å². The molecule has 32 heavy (non-hydrogen) atoms. The second-order valence-corrected chi connectivity index (χ2v) is 8.82. The number of ether oxygens (including phenoxy) is 1. The molecule has 2 aromatic carbocycles. The van der Waals surface area contributed by atoms with E-state index in [2.05, 4.69) is 6.58 Å². The van der Waals surface area contributed by atoms with Crippen LogP contribution in [0.5, 0.6) is 5.75 Å². The van der Waals surface area contributed by atoms with Crippen LogP contribution in [0.3, 0.4) is 0 Å². The molecule has 2 aliphatic heterocycles. The summed E-state index contributed by atoms with van der Waals surface area (Å²) in [7, 11) is 1.58. The topological polar surface area (TPSA) is 49.9 Å². The molecule has 0 radical (unpaired) electrons. The average molecular weight is 457 g/mol. The van der Waals surface area contributed by atoms with Gasteiger partial charge in [-0.25, -0.2) is 4.39 Å². The Morgan fingerprint density at radius 3 is 2.34 bits per heavy atom. The van der Waals surface area contributed by atoms with Crippen LogP contribution >= 0.6 is 11.6 Å². The number of hydrogen-bond donors (Lipinski definition) is 0. The Kier molecular flexibility index (Phi) is 6.51. The summed E-state index contributed by atoms with van der Waals surface area (Å²) in [6.07, 6.45) is 2.22. The standard InChI is InChI=1S/C25H26ClFN2O3/c1-3-24(30)28-12-18-14-29(15-19(18)13-28)25(31)9-6-17-10-21(22(26)11-23(17)32-2)16-4-7-20(27)8-5-16/h3-5,7-8,10-11,18-19H,1,6,9,12-15H2,2H3. The smallest absolute Gasteiger partial charge is 0.245 e. The minimum atomic E-state index is -0.309. The van der Waals surface area contributed by atoms with Gasteiger partial charge in [0.25, 0.3) is 0 Å². The molecule has 0 N–H and O–H groups in total. The van der Waals surface area contributed by atoms with Crippen molar-refractivity contribution in [3.05, 3.63) is 65.5 Å². The van der Waals surface area contributed by atoms with Crippen LogP contribution in [0.15, 0.2) is 49.1 Å². The third-order valence-electron chi connectivity index (χ3n) is 6.46. The molecule has 2 fully saturated rings. The second-order valence-electron chi connectivity index (χ2n) is 8.42. The molecular formula is C25H26ClFN2O3. The van der Waals surface area contributed by atoms with Gasteiger partial charge in [0.1, 0.15) is 11.6 Å². The number of aryl methyl sites for hydroxylation is 1. The molecule has 2 saturated heterocycles. The molecule has 2 unspecified atom stereocenters. The van der Waals surface area contributed by atoms with Gasteiger partial charge in [-0.05, 0) is 47.9 Å². The quantitative estimate of drug-likeness (QED) is 0.612. The highest BCUT2D eigenvalue weighted by Gasteiger charge is 2.42. The van der Waals surface area contributed by atoms with Crippen LogP contribution in [0, 0.1) is 17.7 Å². The van der Waals surface area contributed by atoms with E-state index in [0.29, 0.717) is 61.6 Å². The Morgan fingerprint density at radius 2 is 1.75 bits per heavy atom. The van der Waals surface area contributed by atoms with E-state index in [0.717, 1.165) is 16.7 Å². The minimum Gasteiger partial charge on any atom is -0.496 e. The summed E-state index contributed by atoms with van der Waals surface area (Å²) >= 11 is 6.44. The lowest BCUT2D eigenvalue weighted by atomic mass is 9.99. The fourth-order valence-electron chi connectivity index (χ4n) is 4.74.